The largest absolute Gasteiger partial charge is 0.496 e. The van der Waals surface area contributed by atoms with Gasteiger partial charge in [-0.05, 0) is 43.2 Å². The zero-order chi connectivity index (χ0) is 17.2. The van der Waals surface area contributed by atoms with Crippen LogP contribution in [0.2, 0.25) is 0 Å². The molecule has 0 saturated carbocycles. The monoisotopic (exact) mass is 353 g/mol. The normalized spacial score (nSPS) is 14.0. The van der Waals surface area contributed by atoms with Crippen LogP contribution in [0.3, 0.4) is 0 Å². The number of hydrogen-bond donors (Lipinski definition) is 1. The van der Waals surface area contributed by atoms with Crippen molar-refractivity contribution in [1.82, 2.24) is 4.98 Å². The average molecular weight is 353 g/mol. The number of hydrogen-bond acceptors (Lipinski definition) is 5. The molecular formula is C19H19N3O2S. The molecule has 25 heavy (non-hydrogen) atoms. The lowest BCUT2D eigenvalue weighted by Crippen LogP contribution is -2.16. The van der Waals surface area contributed by atoms with Gasteiger partial charge in [-0.25, -0.2) is 4.98 Å². The highest BCUT2D eigenvalue weighted by Crippen LogP contribution is 2.32. The topological polar surface area (TPSA) is 54.5 Å². The van der Waals surface area contributed by atoms with Gasteiger partial charge < -0.3 is 15.0 Å². The maximum Gasteiger partial charge on any atom is 0.259 e. The molecule has 2 aromatic carbocycles. The minimum Gasteiger partial charge on any atom is -0.496 e. The third-order valence-corrected chi connectivity index (χ3v) is 5.44. The predicted molar refractivity (Wildman–Crippen MR) is 102 cm³/mol. The molecular weight excluding hydrogens is 334 g/mol. The third-order valence-electron chi connectivity index (χ3n) is 4.36. The van der Waals surface area contributed by atoms with E-state index in [0.717, 1.165) is 34.1 Å². The second-order valence-electron chi connectivity index (χ2n) is 6.03. The summed E-state index contributed by atoms with van der Waals surface area (Å²) >= 11 is 1.68. The van der Waals surface area contributed by atoms with Gasteiger partial charge in [-0.2, -0.15) is 0 Å². The Labute approximate surface area is 150 Å². The molecule has 1 aliphatic heterocycles. The van der Waals surface area contributed by atoms with Gasteiger partial charge in [0.15, 0.2) is 5.13 Å². The van der Waals surface area contributed by atoms with Gasteiger partial charge in [0.1, 0.15) is 5.75 Å². The van der Waals surface area contributed by atoms with Gasteiger partial charge in [0.25, 0.3) is 5.91 Å². The number of amides is 1. The molecule has 2 heterocycles. The molecule has 0 spiro atoms. The maximum atomic E-state index is 12.5. The fraction of sp³-hybridized carbons (Fsp3) is 0.263. The Morgan fingerprint density at radius 2 is 2.00 bits per heavy atom. The van der Waals surface area contributed by atoms with Crippen molar-refractivity contribution in [2.75, 3.05) is 30.4 Å². The number of aromatic nitrogens is 1. The number of rotatable bonds is 4. The first-order valence-corrected chi connectivity index (χ1v) is 9.16. The van der Waals surface area contributed by atoms with Crippen LogP contribution >= 0.6 is 11.3 Å². The zero-order valence-electron chi connectivity index (χ0n) is 14.0. The second kappa shape index (κ2) is 6.72. The molecule has 6 heteroatoms. The molecule has 0 bridgehead atoms. The summed E-state index contributed by atoms with van der Waals surface area (Å²) < 4.78 is 6.34. The Kier molecular flexibility index (Phi) is 4.28. The minimum absolute atomic E-state index is 0.180. The van der Waals surface area contributed by atoms with Crippen molar-refractivity contribution in [1.29, 1.82) is 0 Å². The molecule has 5 nitrogen and oxygen atoms in total. The number of anilines is 2. The molecule has 3 aromatic rings. The lowest BCUT2D eigenvalue weighted by atomic mass is 10.2. The van der Waals surface area contributed by atoms with E-state index in [4.69, 9.17) is 9.72 Å². The Morgan fingerprint density at radius 1 is 1.20 bits per heavy atom. The van der Waals surface area contributed by atoms with E-state index in [1.807, 2.05) is 30.3 Å². The van der Waals surface area contributed by atoms with Gasteiger partial charge in [-0.15, -0.1) is 0 Å². The van der Waals surface area contributed by atoms with Gasteiger partial charge in [0, 0.05) is 18.8 Å². The van der Waals surface area contributed by atoms with Crippen LogP contribution in [0.4, 0.5) is 10.8 Å². The summed E-state index contributed by atoms with van der Waals surface area (Å²) in [7, 11) is 1.56. The van der Waals surface area contributed by atoms with E-state index < -0.39 is 0 Å². The van der Waals surface area contributed by atoms with Gasteiger partial charge >= 0.3 is 0 Å². The van der Waals surface area contributed by atoms with Crippen molar-refractivity contribution in [3.8, 4) is 5.75 Å². The third kappa shape index (κ3) is 3.17. The van der Waals surface area contributed by atoms with Crippen molar-refractivity contribution >= 4 is 38.3 Å². The quantitative estimate of drug-likeness (QED) is 0.765. The fourth-order valence-electron chi connectivity index (χ4n) is 3.06. The predicted octanol–water partition coefficient (Wildman–Crippen LogP) is 4.16. The second-order valence-corrected chi connectivity index (χ2v) is 7.04. The van der Waals surface area contributed by atoms with Crippen molar-refractivity contribution in [2.24, 2.45) is 0 Å². The number of methoxy groups -OCH3 is 1. The maximum absolute atomic E-state index is 12.5. The summed E-state index contributed by atoms with van der Waals surface area (Å²) in [5.41, 5.74) is 2.26. The molecule has 4 rings (SSSR count). The van der Waals surface area contributed by atoms with Gasteiger partial charge in [0.2, 0.25) is 0 Å². The molecule has 0 unspecified atom stereocenters. The smallest absolute Gasteiger partial charge is 0.259 e. The van der Waals surface area contributed by atoms with E-state index in [2.05, 4.69) is 10.2 Å². The number of nitrogens with one attached hydrogen (secondary N) is 1. The van der Waals surface area contributed by atoms with Crippen LogP contribution in [0.5, 0.6) is 5.75 Å². The van der Waals surface area contributed by atoms with Crippen LogP contribution in [0, 0.1) is 0 Å². The Morgan fingerprint density at radius 3 is 2.80 bits per heavy atom. The Balaban J connectivity index is 1.58. The van der Waals surface area contributed by atoms with Crippen molar-refractivity contribution in [3.63, 3.8) is 0 Å². The number of para-hydroxylation sites is 1. The van der Waals surface area contributed by atoms with Crippen LogP contribution in [0.15, 0.2) is 42.5 Å². The first-order chi connectivity index (χ1) is 12.2. The first-order valence-electron chi connectivity index (χ1n) is 8.34. The van der Waals surface area contributed by atoms with Crippen LogP contribution in [-0.4, -0.2) is 31.1 Å². The molecule has 1 fully saturated rings. The molecule has 0 aliphatic carbocycles. The summed E-state index contributed by atoms with van der Waals surface area (Å²) in [6.45, 7) is 2.16. The number of fused-ring (bicyclic) bond motifs is 1. The first kappa shape index (κ1) is 15.9. The van der Waals surface area contributed by atoms with E-state index >= 15 is 0 Å². The Hall–Kier alpha value is -2.60. The summed E-state index contributed by atoms with van der Waals surface area (Å²) in [4.78, 5) is 19.6. The SMILES string of the molecule is COc1ccccc1C(=O)Nc1ccc2nc(N3CCCC3)sc2c1. The lowest BCUT2D eigenvalue weighted by molar-refractivity contribution is 0.102. The Bertz CT molecular complexity index is 916. The fourth-order valence-corrected chi connectivity index (χ4v) is 4.12. The van der Waals surface area contributed by atoms with Crippen molar-refractivity contribution < 1.29 is 9.53 Å². The van der Waals surface area contributed by atoms with Crippen molar-refractivity contribution in [3.05, 3.63) is 48.0 Å². The molecule has 1 N–H and O–H groups in total. The average Bonchev–Trinajstić information content (AvgIpc) is 3.30. The standard InChI is InChI=1S/C19H19N3O2S/c1-24-16-7-3-2-6-14(16)18(23)20-13-8-9-15-17(12-13)25-19(21-15)22-10-4-5-11-22/h2-3,6-9,12H,4-5,10-11H2,1H3,(H,20,23). The molecule has 128 valence electrons. The van der Waals surface area contributed by atoms with Crippen LogP contribution in [0.25, 0.3) is 10.2 Å². The molecule has 1 amide bonds. The van der Waals surface area contributed by atoms with Crippen LogP contribution in [0.1, 0.15) is 23.2 Å². The minimum atomic E-state index is -0.180. The number of benzene rings is 2. The number of carbonyl (C=O) groups excluding carboxylic acids is 1. The number of ether oxygens (including phenoxy) is 1. The number of thiazole rings is 1. The van der Waals surface area contributed by atoms with Crippen LogP contribution < -0.4 is 15.0 Å². The molecule has 1 saturated heterocycles. The van der Waals surface area contributed by atoms with E-state index in [-0.39, 0.29) is 5.91 Å². The van der Waals surface area contributed by atoms with Crippen molar-refractivity contribution in [2.45, 2.75) is 12.8 Å². The van der Waals surface area contributed by atoms with E-state index in [1.54, 1.807) is 30.6 Å². The molecule has 0 atom stereocenters. The summed E-state index contributed by atoms with van der Waals surface area (Å²) in [6, 6.07) is 13.0. The van der Waals surface area contributed by atoms with E-state index in [9.17, 15) is 4.79 Å². The van der Waals surface area contributed by atoms with E-state index in [0.29, 0.717) is 11.3 Å². The highest BCUT2D eigenvalue weighted by Gasteiger charge is 2.17. The summed E-state index contributed by atoms with van der Waals surface area (Å²) in [6.07, 6.45) is 2.46. The highest BCUT2D eigenvalue weighted by atomic mass is 32.1. The number of carbonyl (C=O) groups is 1. The highest BCUT2D eigenvalue weighted by molar-refractivity contribution is 7.22. The van der Waals surface area contributed by atoms with Gasteiger partial charge in [0.05, 0.1) is 22.9 Å². The number of nitrogens with zero attached hydrogens (tertiary/aromatic N) is 2. The molecule has 1 aliphatic rings. The van der Waals surface area contributed by atoms with E-state index in [1.165, 1.54) is 12.8 Å². The van der Waals surface area contributed by atoms with Crippen LogP contribution in [-0.2, 0) is 0 Å². The molecule has 0 radical (unpaired) electrons. The summed E-state index contributed by atoms with van der Waals surface area (Å²) in [5.74, 6) is 0.385. The summed E-state index contributed by atoms with van der Waals surface area (Å²) in [5, 5.41) is 4.02. The lowest BCUT2D eigenvalue weighted by Gasteiger charge is -2.11. The zero-order valence-corrected chi connectivity index (χ0v) is 14.8. The molecule has 1 aromatic heterocycles. The van der Waals surface area contributed by atoms with Gasteiger partial charge in [-0.1, -0.05) is 23.5 Å². The van der Waals surface area contributed by atoms with Gasteiger partial charge in [-0.3, -0.25) is 4.79 Å².